The summed E-state index contributed by atoms with van der Waals surface area (Å²) >= 11 is 6.38. The average molecular weight is 298 g/mol. The summed E-state index contributed by atoms with van der Waals surface area (Å²) in [5, 5.41) is 4.24. The van der Waals surface area contributed by atoms with Gasteiger partial charge < -0.3 is 14.8 Å². The van der Waals surface area contributed by atoms with Crippen LogP contribution in [0, 0.1) is 13.8 Å². The average Bonchev–Trinajstić information content (AvgIpc) is 2.47. The van der Waals surface area contributed by atoms with Crippen molar-refractivity contribution in [3.63, 3.8) is 0 Å². The molecule has 1 heterocycles. The number of nitrogens with one attached hydrogen (secondary N) is 1. The van der Waals surface area contributed by atoms with Crippen LogP contribution in [-0.4, -0.2) is 26.8 Å². The number of halogens is 1. The van der Waals surface area contributed by atoms with Crippen molar-refractivity contribution in [1.82, 2.24) is 5.32 Å². The predicted molar refractivity (Wildman–Crippen MR) is 83.4 cm³/mol. The highest BCUT2D eigenvalue weighted by atomic mass is 35.5. The molecule has 3 nitrogen and oxygen atoms in total. The maximum absolute atomic E-state index is 6.38. The first-order chi connectivity index (χ1) is 9.60. The van der Waals surface area contributed by atoms with Crippen molar-refractivity contribution in [2.75, 3.05) is 20.8 Å². The highest BCUT2D eigenvalue weighted by Gasteiger charge is 2.23. The smallest absolute Gasteiger partial charge is 0.141 e. The molecule has 0 bridgehead atoms. The summed E-state index contributed by atoms with van der Waals surface area (Å²) in [6.45, 7) is 5.15. The molecular formula is C16H24ClNO2. The normalized spacial score (nSPS) is 18.9. The molecule has 1 N–H and O–H groups in total. The van der Waals surface area contributed by atoms with Crippen molar-refractivity contribution in [3.05, 3.63) is 21.7 Å². The highest BCUT2D eigenvalue weighted by Crippen LogP contribution is 2.41. The van der Waals surface area contributed by atoms with E-state index in [4.69, 9.17) is 21.1 Å². The first-order valence-corrected chi connectivity index (χ1v) is 7.60. The summed E-state index contributed by atoms with van der Waals surface area (Å²) in [4.78, 5) is 0. The summed E-state index contributed by atoms with van der Waals surface area (Å²) in [6, 6.07) is 0.515. The fourth-order valence-electron chi connectivity index (χ4n) is 3.08. The lowest BCUT2D eigenvalue weighted by atomic mass is 9.92. The van der Waals surface area contributed by atoms with Gasteiger partial charge in [-0.05, 0) is 45.2 Å². The number of rotatable bonds is 4. The van der Waals surface area contributed by atoms with Crippen LogP contribution in [0.2, 0.25) is 5.02 Å². The number of hydrogen-bond acceptors (Lipinski definition) is 3. The lowest BCUT2D eigenvalue weighted by Crippen LogP contribution is -2.35. The van der Waals surface area contributed by atoms with E-state index in [0.717, 1.165) is 35.6 Å². The van der Waals surface area contributed by atoms with Gasteiger partial charge in [-0.1, -0.05) is 18.0 Å². The van der Waals surface area contributed by atoms with E-state index in [1.54, 1.807) is 14.2 Å². The van der Waals surface area contributed by atoms with Crippen LogP contribution >= 0.6 is 11.6 Å². The molecule has 1 fully saturated rings. The quantitative estimate of drug-likeness (QED) is 0.920. The Morgan fingerprint density at radius 2 is 1.80 bits per heavy atom. The van der Waals surface area contributed by atoms with Crippen molar-refractivity contribution < 1.29 is 9.47 Å². The molecule has 0 aromatic heterocycles. The lowest BCUT2D eigenvalue weighted by Gasteiger charge is -2.26. The van der Waals surface area contributed by atoms with Crippen LogP contribution in [0.15, 0.2) is 0 Å². The highest BCUT2D eigenvalue weighted by molar-refractivity contribution is 6.33. The molecule has 1 atom stereocenters. The standard InChI is InChI=1S/C16H24ClNO2/c1-10-13(9-12-7-5-6-8-18-12)15(19-3)11(2)14(17)16(10)20-4/h12,18H,5-9H2,1-4H3. The zero-order valence-electron chi connectivity index (χ0n) is 12.8. The molecule has 1 aliphatic heterocycles. The van der Waals surface area contributed by atoms with E-state index in [2.05, 4.69) is 12.2 Å². The molecule has 20 heavy (non-hydrogen) atoms. The minimum atomic E-state index is 0.515. The van der Waals surface area contributed by atoms with Gasteiger partial charge in [0.1, 0.15) is 11.5 Å². The van der Waals surface area contributed by atoms with E-state index in [1.807, 2.05) is 6.92 Å². The Morgan fingerprint density at radius 1 is 1.10 bits per heavy atom. The molecule has 0 aliphatic carbocycles. The third kappa shape index (κ3) is 2.89. The number of benzene rings is 1. The molecule has 1 aromatic rings. The van der Waals surface area contributed by atoms with Gasteiger partial charge in [-0.2, -0.15) is 0 Å². The maximum atomic E-state index is 6.38. The zero-order chi connectivity index (χ0) is 14.7. The number of piperidine rings is 1. The van der Waals surface area contributed by atoms with Crippen LogP contribution in [0.1, 0.15) is 36.0 Å². The van der Waals surface area contributed by atoms with E-state index < -0.39 is 0 Å². The summed E-state index contributed by atoms with van der Waals surface area (Å²) in [6.07, 6.45) is 4.74. The van der Waals surface area contributed by atoms with Crippen molar-refractivity contribution in [2.45, 2.75) is 45.6 Å². The van der Waals surface area contributed by atoms with Crippen LogP contribution in [0.4, 0.5) is 0 Å². The van der Waals surface area contributed by atoms with Crippen molar-refractivity contribution in [2.24, 2.45) is 0 Å². The summed E-state index contributed by atoms with van der Waals surface area (Å²) in [5.41, 5.74) is 3.26. The van der Waals surface area contributed by atoms with Gasteiger partial charge in [0.2, 0.25) is 0 Å². The Kier molecular flexibility index (Phi) is 5.17. The van der Waals surface area contributed by atoms with Crippen molar-refractivity contribution >= 4 is 11.6 Å². The van der Waals surface area contributed by atoms with E-state index in [9.17, 15) is 0 Å². The molecule has 2 rings (SSSR count). The molecule has 0 spiro atoms. The maximum Gasteiger partial charge on any atom is 0.141 e. The SMILES string of the molecule is COc1c(C)c(CC2CCCCN2)c(OC)c(C)c1Cl. The molecule has 4 heteroatoms. The van der Waals surface area contributed by atoms with Crippen molar-refractivity contribution in [3.8, 4) is 11.5 Å². The molecule has 1 aliphatic rings. The van der Waals surface area contributed by atoms with Gasteiger partial charge in [0.05, 0.1) is 19.2 Å². The van der Waals surface area contributed by atoms with Gasteiger partial charge in [-0.3, -0.25) is 0 Å². The van der Waals surface area contributed by atoms with Gasteiger partial charge in [0.15, 0.2) is 0 Å². The predicted octanol–water partition coefficient (Wildman–Crippen LogP) is 3.66. The van der Waals surface area contributed by atoms with Gasteiger partial charge in [0.25, 0.3) is 0 Å². The molecule has 0 radical (unpaired) electrons. The Labute approximate surface area is 126 Å². The third-order valence-corrected chi connectivity index (χ3v) is 4.66. The van der Waals surface area contributed by atoms with E-state index in [-0.39, 0.29) is 0 Å². The first kappa shape index (κ1) is 15.5. The summed E-state index contributed by atoms with van der Waals surface area (Å²) in [7, 11) is 3.38. The van der Waals surface area contributed by atoms with Crippen LogP contribution in [0.25, 0.3) is 0 Å². The fraction of sp³-hybridized carbons (Fsp3) is 0.625. The first-order valence-electron chi connectivity index (χ1n) is 7.23. The van der Waals surface area contributed by atoms with E-state index >= 15 is 0 Å². The molecule has 0 saturated carbocycles. The van der Waals surface area contributed by atoms with Crippen molar-refractivity contribution in [1.29, 1.82) is 0 Å². The van der Waals surface area contributed by atoms with Gasteiger partial charge in [0, 0.05) is 17.2 Å². The number of methoxy groups -OCH3 is 2. The largest absolute Gasteiger partial charge is 0.496 e. The minimum Gasteiger partial charge on any atom is -0.496 e. The number of ether oxygens (including phenoxy) is 2. The summed E-state index contributed by atoms with van der Waals surface area (Å²) in [5.74, 6) is 1.68. The zero-order valence-corrected chi connectivity index (χ0v) is 13.6. The lowest BCUT2D eigenvalue weighted by molar-refractivity contribution is 0.373. The second-order valence-corrected chi connectivity index (χ2v) is 5.84. The third-order valence-electron chi connectivity index (χ3n) is 4.21. The van der Waals surface area contributed by atoms with Crippen LogP contribution in [-0.2, 0) is 6.42 Å². The topological polar surface area (TPSA) is 30.5 Å². The fourth-order valence-corrected chi connectivity index (χ4v) is 3.38. The van der Waals surface area contributed by atoms with Gasteiger partial charge in [-0.25, -0.2) is 0 Å². The summed E-state index contributed by atoms with van der Waals surface area (Å²) < 4.78 is 11.1. The number of hydrogen-bond donors (Lipinski definition) is 1. The molecule has 1 unspecified atom stereocenters. The molecular weight excluding hydrogens is 274 g/mol. The minimum absolute atomic E-state index is 0.515. The van der Waals surface area contributed by atoms with E-state index in [1.165, 1.54) is 24.8 Å². The van der Waals surface area contributed by atoms with Gasteiger partial charge in [-0.15, -0.1) is 0 Å². The second-order valence-electron chi connectivity index (χ2n) is 5.46. The molecule has 112 valence electrons. The molecule has 1 aromatic carbocycles. The molecule has 1 saturated heterocycles. The van der Waals surface area contributed by atoms with Crippen LogP contribution in [0.3, 0.4) is 0 Å². The van der Waals surface area contributed by atoms with Crippen LogP contribution < -0.4 is 14.8 Å². The van der Waals surface area contributed by atoms with Gasteiger partial charge >= 0.3 is 0 Å². The molecule has 0 amide bonds. The Morgan fingerprint density at radius 3 is 2.35 bits per heavy atom. The monoisotopic (exact) mass is 297 g/mol. The van der Waals surface area contributed by atoms with E-state index in [0.29, 0.717) is 11.1 Å². The second kappa shape index (κ2) is 6.68. The Bertz CT molecular complexity index is 482. The van der Waals surface area contributed by atoms with Crippen LogP contribution in [0.5, 0.6) is 11.5 Å². The Hall–Kier alpha value is -0.930. The Balaban J connectivity index is 2.41.